The van der Waals surface area contributed by atoms with Gasteiger partial charge in [-0.3, -0.25) is 0 Å². The van der Waals surface area contributed by atoms with Crippen LogP contribution >= 0.6 is 7.80 Å². The second-order valence-electron chi connectivity index (χ2n) is 12.4. The highest BCUT2D eigenvalue weighted by atomic mass is 31.1. The van der Waals surface area contributed by atoms with Crippen LogP contribution in [0.5, 0.6) is 0 Å². The average molecular weight is 658 g/mol. The number of hydrogen-bond donors (Lipinski definition) is 0. The predicted octanol–water partition coefficient (Wildman–Crippen LogP) is 11.2. The molecule has 1 aliphatic rings. The first kappa shape index (κ1) is 29.8. The number of benzene rings is 7. The molecule has 1 aliphatic heterocycles. The SMILES string of the molecule is O=[P+]1c2ccccc2-c2c(-c3cccc(-c4ccc(-c5cc(-c6ccc(-c7ccccc7)cc6)nc(-c6ccccc6)n5)cc4)c3)cccc21. The van der Waals surface area contributed by atoms with E-state index in [0.717, 1.165) is 72.1 Å². The molecule has 0 amide bonds. The summed E-state index contributed by atoms with van der Waals surface area (Å²) in [6.45, 7) is 0. The van der Waals surface area contributed by atoms with Gasteiger partial charge < -0.3 is 0 Å². The van der Waals surface area contributed by atoms with E-state index in [1.165, 1.54) is 11.1 Å². The first-order valence-electron chi connectivity index (χ1n) is 16.7. The third kappa shape index (κ3) is 5.44. The van der Waals surface area contributed by atoms with Crippen LogP contribution in [0.3, 0.4) is 0 Å². The van der Waals surface area contributed by atoms with Gasteiger partial charge in [-0.1, -0.05) is 156 Å². The Morgan fingerprint density at radius 3 is 1.48 bits per heavy atom. The molecule has 7 aromatic carbocycles. The molecule has 9 rings (SSSR count). The fourth-order valence-corrected chi connectivity index (χ4v) is 8.40. The van der Waals surface area contributed by atoms with E-state index in [1.807, 2.05) is 54.6 Å². The van der Waals surface area contributed by atoms with Crippen LogP contribution in [-0.4, -0.2) is 9.97 Å². The first-order valence-corrected chi connectivity index (χ1v) is 18.0. The van der Waals surface area contributed by atoms with Gasteiger partial charge in [-0.05, 0) is 63.7 Å². The molecule has 0 radical (unpaired) electrons. The highest BCUT2D eigenvalue weighted by molar-refractivity contribution is 7.63. The van der Waals surface area contributed by atoms with Crippen molar-refractivity contribution in [3.63, 3.8) is 0 Å². The summed E-state index contributed by atoms with van der Waals surface area (Å²) in [5.74, 6) is 0.695. The first-order chi connectivity index (χ1) is 24.7. The Morgan fingerprint density at radius 1 is 0.340 bits per heavy atom. The second-order valence-corrected chi connectivity index (χ2v) is 14.0. The molecule has 3 nitrogen and oxygen atoms in total. The molecule has 2 heterocycles. The topological polar surface area (TPSA) is 42.9 Å². The van der Waals surface area contributed by atoms with Crippen LogP contribution in [0, 0.1) is 0 Å². The molecule has 0 N–H and O–H groups in total. The van der Waals surface area contributed by atoms with E-state index in [4.69, 9.17) is 9.97 Å². The lowest BCUT2D eigenvalue weighted by Gasteiger charge is -2.11. The van der Waals surface area contributed by atoms with Crippen LogP contribution in [0.2, 0.25) is 0 Å². The van der Waals surface area contributed by atoms with Crippen molar-refractivity contribution in [1.82, 2.24) is 9.97 Å². The Hall–Kier alpha value is -6.28. The molecule has 0 saturated heterocycles. The minimum atomic E-state index is -1.59. The normalized spacial score (nSPS) is 12.4. The van der Waals surface area contributed by atoms with Crippen LogP contribution in [0.4, 0.5) is 0 Å². The minimum Gasteiger partial charge on any atom is -0.228 e. The molecule has 0 aliphatic carbocycles. The fourth-order valence-electron chi connectivity index (χ4n) is 6.85. The summed E-state index contributed by atoms with van der Waals surface area (Å²) in [5, 5.41) is 1.84. The molecular weight excluding hydrogens is 627 g/mol. The van der Waals surface area contributed by atoms with Crippen molar-refractivity contribution in [3.8, 4) is 78.4 Å². The molecule has 1 unspecified atom stereocenters. The molecule has 234 valence electrons. The monoisotopic (exact) mass is 657 g/mol. The number of nitrogens with zero attached hydrogens (tertiary/aromatic N) is 2. The van der Waals surface area contributed by atoms with E-state index in [-0.39, 0.29) is 0 Å². The number of fused-ring (bicyclic) bond motifs is 3. The maximum atomic E-state index is 13.3. The minimum absolute atomic E-state index is 0.695. The van der Waals surface area contributed by atoms with Crippen molar-refractivity contribution < 1.29 is 4.57 Å². The van der Waals surface area contributed by atoms with Crippen molar-refractivity contribution in [2.45, 2.75) is 0 Å². The Morgan fingerprint density at radius 2 is 0.800 bits per heavy atom. The lowest BCUT2D eigenvalue weighted by Crippen LogP contribution is -1.98. The summed E-state index contributed by atoms with van der Waals surface area (Å²) in [6.07, 6.45) is 0. The highest BCUT2D eigenvalue weighted by Gasteiger charge is 2.40. The average Bonchev–Trinajstić information content (AvgIpc) is 3.50. The zero-order valence-electron chi connectivity index (χ0n) is 27.1. The summed E-state index contributed by atoms with van der Waals surface area (Å²) in [7, 11) is -1.59. The molecule has 0 bridgehead atoms. The molecule has 8 aromatic rings. The number of aromatic nitrogens is 2. The van der Waals surface area contributed by atoms with Crippen molar-refractivity contribution in [1.29, 1.82) is 0 Å². The Labute approximate surface area is 292 Å². The third-order valence-corrected chi connectivity index (χ3v) is 11.0. The van der Waals surface area contributed by atoms with Crippen molar-refractivity contribution >= 4 is 18.4 Å². The van der Waals surface area contributed by atoms with Crippen molar-refractivity contribution in [3.05, 3.63) is 182 Å². The van der Waals surface area contributed by atoms with Crippen LogP contribution < -0.4 is 10.6 Å². The summed E-state index contributed by atoms with van der Waals surface area (Å²) in [4.78, 5) is 10.1. The second kappa shape index (κ2) is 12.6. The quantitative estimate of drug-likeness (QED) is 0.167. The van der Waals surface area contributed by atoms with Crippen LogP contribution in [0.1, 0.15) is 0 Å². The molecular formula is C46H30N2OP+. The summed E-state index contributed by atoms with van der Waals surface area (Å²) >= 11 is 0. The zero-order valence-corrected chi connectivity index (χ0v) is 28.0. The largest absolute Gasteiger partial charge is 0.416 e. The Balaban J connectivity index is 1.07. The van der Waals surface area contributed by atoms with Crippen LogP contribution in [0.15, 0.2) is 182 Å². The summed E-state index contributed by atoms with van der Waals surface area (Å²) < 4.78 is 13.3. The fraction of sp³-hybridized carbons (Fsp3) is 0. The van der Waals surface area contributed by atoms with Gasteiger partial charge in [-0.15, -0.1) is 0 Å². The Bertz CT molecular complexity index is 2530. The molecule has 1 atom stereocenters. The standard InChI is InChI=1S/C46H30N2OP/c49-50-43-19-8-7-17-40(43)45-39(18-10-20-44(45)50)38-16-9-15-37(29-38)33-23-27-35(28-24-33)42-30-41(47-46(48-42)36-13-5-2-6-14-36)34-25-21-32(22-26-34)31-11-3-1-4-12-31/h1-30H/q+1. The molecule has 0 spiro atoms. The van der Waals surface area contributed by atoms with Gasteiger partial charge in [0.2, 0.25) is 10.6 Å². The van der Waals surface area contributed by atoms with E-state index >= 15 is 0 Å². The predicted molar refractivity (Wildman–Crippen MR) is 207 cm³/mol. The lowest BCUT2D eigenvalue weighted by molar-refractivity contribution is 0.598. The third-order valence-electron chi connectivity index (χ3n) is 9.39. The van der Waals surface area contributed by atoms with Crippen molar-refractivity contribution in [2.75, 3.05) is 0 Å². The van der Waals surface area contributed by atoms with Gasteiger partial charge in [0.15, 0.2) is 5.82 Å². The maximum absolute atomic E-state index is 13.3. The van der Waals surface area contributed by atoms with E-state index in [0.29, 0.717) is 5.82 Å². The van der Waals surface area contributed by atoms with Gasteiger partial charge in [-0.2, -0.15) is 0 Å². The summed E-state index contributed by atoms with van der Waals surface area (Å²) in [5.41, 5.74) is 13.7. The molecule has 50 heavy (non-hydrogen) atoms. The van der Waals surface area contributed by atoms with Gasteiger partial charge in [0.1, 0.15) is 0 Å². The molecule has 1 aromatic heterocycles. The van der Waals surface area contributed by atoms with Gasteiger partial charge in [0.05, 0.1) is 11.4 Å². The van der Waals surface area contributed by atoms with Gasteiger partial charge >= 0.3 is 7.80 Å². The lowest BCUT2D eigenvalue weighted by atomic mass is 9.92. The van der Waals surface area contributed by atoms with Crippen LogP contribution in [0.25, 0.3) is 78.4 Å². The van der Waals surface area contributed by atoms with E-state index < -0.39 is 7.80 Å². The van der Waals surface area contributed by atoms with Gasteiger partial charge in [0.25, 0.3) is 0 Å². The Kier molecular flexibility index (Phi) is 7.54. The molecule has 0 fully saturated rings. The van der Waals surface area contributed by atoms with Gasteiger partial charge in [-0.25, -0.2) is 9.97 Å². The zero-order chi connectivity index (χ0) is 33.4. The number of hydrogen-bond acceptors (Lipinski definition) is 3. The smallest absolute Gasteiger partial charge is 0.228 e. The molecule has 0 saturated carbocycles. The maximum Gasteiger partial charge on any atom is 0.416 e. The number of rotatable bonds is 6. The molecule has 4 heteroatoms. The van der Waals surface area contributed by atoms with Crippen molar-refractivity contribution in [2.24, 2.45) is 0 Å². The van der Waals surface area contributed by atoms with E-state index in [2.05, 4.69) is 127 Å². The summed E-state index contributed by atoms with van der Waals surface area (Å²) in [6, 6.07) is 62.7. The van der Waals surface area contributed by atoms with E-state index in [1.54, 1.807) is 0 Å². The highest BCUT2D eigenvalue weighted by Crippen LogP contribution is 2.43. The van der Waals surface area contributed by atoms with Gasteiger partial charge in [0, 0.05) is 27.8 Å². The van der Waals surface area contributed by atoms with E-state index in [9.17, 15) is 4.57 Å². The van der Waals surface area contributed by atoms with Crippen LogP contribution in [-0.2, 0) is 4.57 Å².